The van der Waals surface area contributed by atoms with Crippen molar-refractivity contribution in [1.82, 2.24) is 5.32 Å². The van der Waals surface area contributed by atoms with Gasteiger partial charge in [0.2, 0.25) is 5.91 Å². The fourth-order valence-corrected chi connectivity index (χ4v) is 3.05. The number of hydrogen-bond donors (Lipinski definition) is 1. The van der Waals surface area contributed by atoms with Crippen molar-refractivity contribution in [2.75, 3.05) is 0 Å². The van der Waals surface area contributed by atoms with Crippen LogP contribution in [0.5, 0.6) is 0 Å². The second-order valence-electron chi connectivity index (χ2n) is 5.07. The number of hydrogen-bond acceptors (Lipinski definition) is 2. The van der Waals surface area contributed by atoms with E-state index in [0.29, 0.717) is 6.42 Å². The predicted molar refractivity (Wildman–Crippen MR) is 85.1 cm³/mol. The first-order valence-corrected chi connectivity index (χ1v) is 7.83. The number of nitrogens with one attached hydrogen (secondary N) is 1. The molecule has 0 bridgehead atoms. The maximum absolute atomic E-state index is 12.0. The van der Waals surface area contributed by atoms with Gasteiger partial charge in [-0.1, -0.05) is 31.2 Å². The average molecular weight is 287 g/mol. The smallest absolute Gasteiger partial charge is 0.225 e. The Morgan fingerprint density at radius 1 is 1.20 bits per heavy atom. The van der Waals surface area contributed by atoms with Crippen molar-refractivity contribution in [1.29, 1.82) is 0 Å². The lowest BCUT2D eigenvalue weighted by atomic mass is 10.0. The van der Waals surface area contributed by atoms with Gasteiger partial charge in [-0.25, -0.2) is 0 Å². The molecular weight excluding hydrogens is 266 g/mol. The van der Waals surface area contributed by atoms with E-state index in [4.69, 9.17) is 0 Å². The molecule has 0 aliphatic carbocycles. The molecule has 1 unspecified atom stereocenters. The molecule has 0 saturated heterocycles. The summed E-state index contributed by atoms with van der Waals surface area (Å²) in [5, 5.41) is 3.06. The second kappa shape index (κ2) is 6.71. The van der Waals surface area contributed by atoms with E-state index < -0.39 is 0 Å². The lowest BCUT2D eigenvalue weighted by Crippen LogP contribution is -2.27. The molecule has 3 heteroatoms. The van der Waals surface area contributed by atoms with Crippen LogP contribution in [0.1, 0.15) is 40.8 Å². The molecule has 0 aliphatic rings. The zero-order valence-corrected chi connectivity index (χ0v) is 13.1. The lowest BCUT2D eigenvalue weighted by molar-refractivity contribution is -0.121. The second-order valence-corrected chi connectivity index (χ2v) is 6.45. The Morgan fingerprint density at radius 2 is 1.90 bits per heavy atom. The lowest BCUT2D eigenvalue weighted by Gasteiger charge is -2.14. The Morgan fingerprint density at radius 3 is 2.45 bits per heavy atom. The summed E-state index contributed by atoms with van der Waals surface area (Å²) in [5.74, 6) is 0.0823. The highest BCUT2D eigenvalue weighted by molar-refractivity contribution is 7.12. The van der Waals surface area contributed by atoms with E-state index in [1.54, 1.807) is 11.3 Å². The molecule has 0 aliphatic heterocycles. The highest BCUT2D eigenvalue weighted by Crippen LogP contribution is 2.17. The number of aryl methyl sites for hydroxylation is 2. The molecule has 1 atom stereocenters. The first-order chi connectivity index (χ1) is 9.58. The fraction of sp³-hybridized carbons (Fsp3) is 0.353. The van der Waals surface area contributed by atoms with E-state index in [1.807, 2.05) is 13.0 Å². The molecule has 2 nitrogen and oxygen atoms in total. The van der Waals surface area contributed by atoms with Gasteiger partial charge in [-0.05, 0) is 43.5 Å². The van der Waals surface area contributed by atoms with Gasteiger partial charge < -0.3 is 5.32 Å². The minimum absolute atomic E-state index is 0.0504. The quantitative estimate of drug-likeness (QED) is 0.883. The number of amides is 1. The predicted octanol–water partition coefficient (Wildman–Crippen LogP) is 4.04. The third kappa shape index (κ3) is 3.94. The van der Waals surface area contributed by atoms with Gasteiger partial charge in [0.15, 0.2) is 0 Å². The number of rotatable bonds is 5. The molecule has 0 saturated carbocycles. The normalized spacial score (nSPS) is 12.2. The summed E-state index contributed by atoms with van der Waals surface area (Å²) >= 11 is 1.68. The standard InChI is InChI=1S/C17H21NOS/c1-4-14-6-8-15(9-7-14)13(3)18-17(19)11-16-10-5-12(2)20-16/h5-10,13H,4,11H2,1-3H3,(H,18,19). The molecule has 1 amide bonds. The summed E-state index contributed by atoms with van der Waals surface area (Å²) in [6.45, 7) is 6.23. The van der Waals surface area contributed by atoms with Crippen molar-refractivity contribution in [3.63, 3.8) is 0 Å². The van der Waals surface area contributed by atoms with Gasteiger partial charge in [-0.3, -0.25) is 4.79 Å². The molecule has 0 spiro atoms. The Bertz CT molecular complexity index is 571. The van der Waals surface area contributed by atoms with Crippen molar-refractivity contribution < 1.29 is 4.79 Å². The SMILES string of the molecule is CCc1ccc(C(C)NC(=O)Cc2ccc(C)s2)cc1. The molecule has 0 radical (unpaired) electrons. The summed E-state index contributed by atoms with van der Waals surface area (Å²) in [5.41, 5.74) is 2.47. The summed E-state index contributed by atoms with van der Waals surface area (Å²) in [6.07, 6.45) is 1.51. The zero-order chi connectivity index (χ0) is 14.5. The highest BCUT2D eigenvalue weighted by Gasteiger charge is 2.10. The Kier molecular flexibility index (Phi) is 4.96. The first-order valence-electron chi connectivity index (χ1n) is 7.02. The molecule has 0 fully saturated rings. The zero-order valence-electron chi connectivity index (χ0n) is 12.3. The van der Waals surface area contributed by atoms with Crippen molar-refractivity contribution in [2.45, 2.75) is 39.7 Å². The average Bonchev–Trinajstić information content (AvgIpc) is 2.84. The van der Waals surface area contributed by atoms with Crippen LogP contribution in [0.25, 0.3) is 0 Å². The number of carbonyl (C=O) groups excluding carboxylic acids is 1. The number of carbonyl (C=O) groups is 1. The highest BCUT2D eigenvalue weighted by atomic mass is 32.1. The van der Waals surface area contributed by atoms with E-state index in [9.17, 15) is 4.79 Å². The molecule has 2 aromatic rings. The molecule has 1 aromatic heterocycles. The van der Waals surface area contributed by atoms with Crippen LogP contribution in [-0.2, 0) is 17.6 Å². The maximum Gasteiger partial charge on any atom is 0.225 e. The van der Waals surface area contributed by atoms with Gasteiger partial charge in [0.1, 0.15) is 0 Å². The molecule has 1 aromatic carbocycles. The van der Waals surface area contributed by atoms with Crippen LogP contribution in [-0.4, -0.2) is 5.91 Å². The maximum atomic E-state index is 12.0. The summed E-state index contributed by atoms with van der Waals surface area (Å²) in [4.78, 5) is 14.4. The topological polar surface area (TPSA) is 29.1 Å². The van der Waals surface area contributed by atoms with Gasteiger partial charge in [0.05, 0.1) is 12.5 Å². The van der Waals surface area contributed by atoms with E-state index in [1.165, 1.54) is 10.4 Å². The fourth-order valence-electron chi connectivity index (χ4n) is 2.16. The van der Waals surface area contributed by atoms with Crippen molar-refractivity contribution in [3.8, 4) is 0 Å². The minimum atomic E-state index is 0.0504. The van der Waals surface area contributed by atoms with Crippen LogP contribution in [0.2, 0.25) is 0 Å². The van der Waals surface area contributed by atoms with Gasteiger partial charge in [-0.2, -0.15) is 0 Å². The molecule has 1 heterocycles. The monoisotopic (exact) mass is 287 g/mol. The first kappa shape index (κ1) is 14.8. The van der Waals surface area contributed by atoms with Crippen molar-refractivity contribution in [2.24, 2.45) is 0 Å². The Labute approximate surface area is 124 Å². The van der Waals surface area contributed by atoms with Gasteiger partial charge in [-0.15, -0.1) is 11.3 Å². The number of benzene rings is 1. The van der Waals surface area contributed by atoms with Gasteiger partial charge in [0.25, 0.3) is 0 Å². The molecule has 1 N–H and O–H groups in total. The Hall–Kier alpha value is -1.61. The molecule has 2 rings (SSSR count). The summed E-state index contributed by atoms with van der Waals surface area (Å²) in [6, 6.07) is 12.6. The van der Waals surface area contributed by atoms with Crippen molar-refractivity contribution >= 4 is 17.2 Å². The van der Waals surface area contributed by atoms with E-state index in [-0.39, 0.29) is 11.9 Å². The van der Waals surface area contributed by atoms with Crippen LogP contribution in [0.15, 0.2) is 36.4 Å². The third-order valence-corrected chi connectivity index (χ3v) is 4.40. The molecule has 20 heavy (non-hydrogen) atoms. The number of thiophene rings is 1. The summed E-state index contributed by atoms with van der Waals surface area (Å²) < 4.78 is 0. The van der Waals surface area contributed by atoms with Crippen LogP contribution in [0.3, 0.4) is 0 Å². The third-order valence-electron chi connectivity index (χ3n) is 3.40. The molecule has 106 valence electrons. The summed E-state index contributed by atoms with van der Waals surface area (Å²) in [7, 11) is 0. The van der Waals surface area contributed by atoms with E-state index >= 15 is 0 Å². The Balaban J connectivity index is 1.92. The molecular formula is C17H21NOS. The van der Waals surface area contributed by atoms with Crippen LogP contribution >= 0.6 is 11.3 Å². The van der Waals surface area contributed by atoms with E-state index in [2.05, 4.69) is 49.5 Å². The largest absolute Gasteiger partial charge is 0.349 e. The van der Waals surface area contributed by atoms with Crippen LogP contribution in [0.4, 0.5) is 0 Å². The van der Waals surface area contributed by atoms with Gasteiger partial charge in [0, 0.05) is 9.75 Å². The van der Waals surface area contributed by atoms with Crippen molar-refractivity contribution in [3.05, 3.63) is 57.3 Å². The van der Waals surface area contributed by atoms with Gasteiger partial charge >= 0.3 is 0 Å². The minimum Gasteiger partial charge on any atom is -0.349 e. The van der Waals surface area contributed by atoms with Crippen LogP contribution in [0, 0.1) is 6.92 Å². The van der Waals surface area contributed by atoms with Crippen LogP contribution < -0.4 is 5.32 Å². The van der Waals surface area contributed by atoms with E-state index in [0.717, 1.165) is 16.9 Å².